The van der Waals surface area contributed by atoms with E-state index in [0.717, 1.165) is 44.5 Å². The zero-order valence-corrected chi connectivity index (χ0v) is 38.6. The molecule has 0 saturated heterocycles. The van der Waals surface area contributed by atoms with Crippen LogP contribution in [0.3, 0.4) is 0 Å². The minimum Gasteiger partial charge on any atom is 0 e. The van der Waals surface area contributed by atoms with Crippen molar-refractivity contribution in [2.45, 2.75) is 56.8 Å². The summed E-state index contributed by atoms with van der Waals surface area (Å²) in [7, 11) is 0. The molecule has 0 aliphatic carbocycles. The molecule has 10 rings (SSSR count). The van der Waals surface area contributed by atoms with Crippen LogP contribution in [-0.2, 0) is 20.1 Å². The van der Waals surface area contributed by atoms with E-state index >= 15 is 0 Å². The van der Waals surface area contributed by atoms with Gasteiger partial charge in [-0.15, -0.1) is 23.8 Å². The molecular weight excluding hydrogens is 945 g/mol. The fourth-order valence-corrected chi connectivity index (χ4v) is 10.5. The zero-order chi connectivity index (χ0) is 39.4. The number of nitrogens with zero attached hydrogens (tertiary/aromatic N) is 2. The molecule has 3 heterocycles. The van der Waals surface area contributed by atoms with E-state index in [1.165, 1.54) is 58.6 Å². The first-order valence-electron chi connectivity index (χ1n) is 20.0. The molecule has 5 heteroatoms. The van der Waals surface area contributed by atoms with Gasteiger partial charge in [0.15, 0.2) is 0 Å². The maximum atomic E-state index is 6.52. The first-order valence-corrected chi connectivity index (χ1v) is 27.4. The molecule has 0 amide bonds. The van der Waals surface area contributed by atoms with Crippen LogP contribution >= 0.6 is 0 Å². The standard InChI is InChI=1S/C27H26GeNO.C26H20N.Ir/c1-17(2)18-13-14-29-25(16-18)24-8-6-7-22-23-11-9-19-15-20(28(3,4)5)10-12-21(19)26(23)30-27(22)24;1-17(2)18-13-14-27-26(16-18)19-11-12-24-22-9-4-3-7-20(22)21-8-5-6-10-23(21)25(24)15-19;/h6-7,9-17H,1-5H3;3-10,12-17H,1-2H3;/q2*-1;. The van der Waals surface area contributed by atoms with Crippen molar-refractivity contribution >= 4 is 82.7 Å². The summed E-state index contributed by atoms with van der Waals surface area (Å²) in [5.41, 5.74) is 8.27. The minimum absolute atomic E-state index is 0. The van der Waals surface area contributed by atoms with Crippen LogP contribution in [0.25, 0.3) is 87.5 Å². The van der Waals surface area contributed by atoms with E-state index in [1.807, 2.05) is 18.5 Å². The Hall–Kier alpha value is -5.13. The molecule has 3 nitrogen and oxygen atoms in total. The molecule has 0 saturated carbocycles. The normalized spacial score (nSPS) is 11.9. The van der Waals surface area contributed by atoms with Crippen molar-refractivity contribution in [2.75, 3.05) is 0 Å². The molecule has 0 aliphatic heterocycles. The predicted molar refractivity (Wildman–Crippen MR) is 245 cm³/mol. The quantitative estimate of drug-likeness (QED) is 0.0980. The van der Waals surface area contributed by atoms with E-state index in [9.17, 15) is 0 Å². The van der Waals surface area contributed by atoms with Gasteiger partial charge in [0.2, 0.25) is 0 Å². The van der Waals surface area contributed by atoms with Crippen molar-refractivity contribution in [1.82, 2.24) is 9.97 Å². The third-order valence-corrected chi connectivity index (χ3v) is 15.7. The second-order valence-electron chi connectivity index (χ2n) is 16.8. The topological polar surface area (TPSA) is 38.9 Å². The third-order valence-electron chi connectivity index (χ3n) is 11.4. The summed E-state index contributed by atoms with van der Waals surface area (Å²) >= 11 is -1.88. The van der Waals surface area contributed by atoms with Crippen molar-refractivity contribution < 1.29 is 24.5 Å². The van der Waals surface area contributed by atoms with Gasteiger partial charge in [-0.2, -0.15) is 0 Å². The fourth-order valence-electron chi connectivity index (χ4n) is 8.07. The number of rotatable bonds is 5. The van der Waals surface area contributed by atoms with Gasteiger partial charge >= 0.3 is 167 Å². The Morgan fingerprint density at radius 3 is 1.72 bits per heavy atom. The molecule has 3 aromatic heterocycles. The molecule has 289 valence electrons. The Labute approximate surface area is 357 Å². The van der Waals surface area contributed by atoms with Crippen LogP contribution in [-0.4, -0.2) is 23.2 Å². The molecule has 0 atom stereocenters. The van der Waals surface area contributed by atoms with Crippen LogP contribution in [0.15, 0.2) is 144 Å². The molecule has 0 bridgehead atoms. The third kappa shape index (κ3) is 7.28. The van der Waals surface area contributed by atoms with Crippen molar-refractivity contribution in [3.8, 4) is 22.5 Å². The smallest absolute Gasteiger partial charge is 0 e. The van der Waals surface area contributed by atoms with Gasteiger partial charge in [-0.25, -0.2) is 0 Å². The molecule has 0 aliphatic rings. The van der Waals surface area contributed by atoms with Crippen LogP contribution in [0.5, 0.6) is 0 Å². The minimum atomic E-state index is -1.88. The van der Waals surface area contributed by atoms with Crippen LogP contribution < -0.4 is 4.40 Å². The molecule has 1 radical (unpaired) electrons. The zero-order valence-electron chi connectivity index (χ0n) is 34.1. The SMILES string of the molecule is CC(C)c1ccnc(-c2[c-]cc3c4ccccc4c4ccccc4c3c2)c1.CC(C)c1ccnc(-c2[c-]ccc3c2oc2c4cc[c]([Ge]([CH3])([CH3])[CH3])cc4ccc32)c1.[Ir]. The van der Waals surface area contributed by atoms with E-state index in [4.69, 9.17) is 4.42 Å². The predicted octanol–water partition coefficient (Wildman–Crippen LogP) is 14.4. The summed E-state index contributed by atoms with van der Waals surface area (Å²) in [6, 6.07) is 52.5. The second-order valence-corrected chi connectivity index (χ2v) is 27.5. The van der Waals surface area contributed by atoms with Gasteiger partial charge in [-0.1, -0.05) is 104 Å². The Morgan fingerprint density at radius 2 is 1.09 bits per heavy atom. The Kier molecular flexibility index (Phi) is 10.9. The van der Waals surface area contributed by atoms with E-state index in [1.54, 1.807) is 0 Å². The summed E-state index contributed by atoms with van der Waals surface area (Å²) in [4.78, 5) is 9.24. The number of fused-ring (bicyclic) bond motifs is 11. The van der Waals surface area contributed by atoms with Gasteiger partial charge < -0.3 is 4.98 Å². The van der Waals surface area contributed by atoms with Crippen LogP contribution in [0, 0.1) is 12.1 Å². The van der Waals surface area contributed by atoms with Crippen molar-refractivity contribution in [3.05, 3.63) is 163 Å². The van der Waals surface area contributed by atoms with Crippen LogP contribution in [0.2, 0.25) is 17.3 Å². The molecule has 0 N–H and O–H groups in total. The van der Waals surface area contributed by atoms with Gasteiger partial charge in [0, 0.05) is 26.3 Å². The maximum absolute atomic E-state index is 6.52. The van der Waals surface area contributed by atoms with E-state index in [-0.39, 0.29) is 20.1 Å². The number of hydrogen-bond acceptors (Lipinski definition) is 3. The number of benzene rings is 7. The van der Waals surface area contributed by atoms with Crippen molar-refractivity contribution in [1.29, 1.82) is 0 Å². The Morgan fingerprint density at radius 1 is 0.517 bits per heavy atom. The monoisotopic (exact) mass is 993 g/mol. The van der Waals surface area contributed by atoms with Gasteiger partial charge in [-0.05, 0) is 33.8 Å². The molecule has 0 unspecified atom stereocenters. The molecule has 0 spiro atoms. The maximum Gasteiger partial charge on any atom is 0 e. The molecule has 0 fully saturated rings. The largest absolute Gasteiger partial charge is 0 e. The van der Waals surface area contributed by atoms with Crippen molar-refractivity contribution in [2.24, 2.45) is 0 Å². The summed E-state index contributed by atoms with van der Waals surface area (Å²) in [6.45, 7) is 8.82. The first-order chi connectivity index (χ1) is 27.5. The Bertz CT molecular complexity index is 3100. The summed E-state index contributed by atoms with van der Waals surface area (Å²) < 4.78 is 8.04. The summed E-state index contributed by atoms with van der Waals surface area (Å²) in [6.07, 6.45) is 3.79. The van der Waals surface area contributed by atoms with E-state index in [0.29, 0.717) is 11.8 Å². The molecule has 58 heavy (non-hydrogen) atoms. The average molecular weight is 992 g/mol. The van der Waals surface area contributed by atoms with E-state index < -0.39 is 13.3 Å². The fraction of sp³-hybridized carbons (Fsp3) is 0.170. The van der Waals surface area contributed by atoms with Crippen molar-refractivity contribution in [3.63, 3.8) is 0 Å². The number of pyridine rings is 2. The number of hydrogen-bond donors (Lipinski definition) is 0. The number of furan rings is 1. The van der Waals surface area contributed by atoms with Crippen LogP contribution in [0.1, 0.15) is 50.7 Å². The average Bonchev–Trinajstić information content (AvgIpc) is 3.63. The first kappa shape index (κ1) is 39.7. The molecular formula is C53H46GeIrN2O-2. The van der Waals surface area contributed by atoms with Gasteiger partial charge in [0.25, 0.3) is 0 Å². The van der Waals surface area contributed by atoms with Crippen LogP contribution in [0.4, 0.5) is 0 Å². The van der Waals surface area contributed by atoms with Gasteiger partial charge in [0.05, 0.1) is 0 Å². The Balaban J connectivity index is 0.000000160. The summed E-state index contributed by atoms with van der Waals surface area (Å²) in [5.74, 6) is 8.23. The summed E-state index contributed by atoms with van der Waals surface area (Å²) in [5, 5.41) is 12.3. The van der Waals surface area contributed by atoms with Gasteiger partial charge in [0.1, 0.15) is 0 Å². The number of aromatic nitrogens is 2. The molecule has 7 aromatic carbocycles. The van der Waals surface area contributed by atoms with E-state index in [2.05, 4.69) is 188 Å². The molecule has 10 aromatic rings. The second kappa shape index (κ2) is 15.9. The van der Waals surface area contributed by atoms with Gasteiger partial charge in [-0.3, -0.25) is 0 Å².